The number of halogens is 3. The first-order chi connectivity index (χ1) is 14.4. The standard InChI is InChI=1S/C18H20ClF2N7S2/c1-18(2-3-18)26-30-10-8-11(27-6-4-22-5-7-27)12-13(19)23-15(28(12)9-10)17-25-24-16(29-17)14(20)21/h8-9,14,22,26H,2-7H2,1H3. The molecule has 3 aromatic heterocycles. The molecule has 7 nitrogen and oxygen atoms in total. The Morgan fingerprint density at radius 3 is 2.73 bits per heavy atom. The highest BCUT2D eigenvalue weighted by atomic mass is 35.5. The molecule has 0 amide bonds. The first-order valence-electron chi connectivity index (χ1n) is 9.67. The third-order valence-electron chi connectivity index (χ3n) is 5.34. The van der Waals surface area contributed by atoms with Crippen LogP contribution in [0.15, 0.2) is 17.2 Å². The Balaban J connectivity index is 1.61. The Labute approximate surface area is 185 Å². The fourth-order valence-electron chi connectivity index (χ4n) is 3.37. The maximum Gasteiger partial charge on any atom is 0.291 e. The van der Waals surface area contributed by atoms with Crippen molar-refractivity contribution in [2.45, 2.75) is 36.6 Å². The number of piperazine rings is 1. The van der Waals surface area contributed by atoms with E-state index in [2.05, 4.69) is 43.1 Å². The molecule has 0 unspecified atom stereocenters. The smallest absolute Gasteiger partial charge is 0.291 e. The molecule has 0 radical (unpaired) electrons. The van der Waals surface area contributed by atoms with Crippen LogP contribution in [0.2, 0.25) is 5.15 Å². The lowest BCUT2D eigenvalue weighted by Gasteiger charge is -2.30. The summed E-state index contributed by atoms with van der Waals surface area (Å²) in [5, 5.41) is 11.2. The topological polar surface area (TPSA) is 70.4 Å². The molecule has 1 aliphatic heterocycles. The van der Waals surface area contributed by atoms with Crippen LogP contribution in [0, 0.1) is 0 Å². The number of nitrogens with zero attached hydrogens (tertiary/aromatic N) is 5. The fraction of sp³-hybridized carbons (Fsp3) is 0.500. The number of fused-ring (bicyclic) bond motifs is 1. The SMILES string of the molecule is CC1(NSc2cc(N3CCNCC3)c3c(Cl)nc(-c4nnc(C(F)F)s4)n3c2)CC1. The largest absolute Gasteiger partial charge is 0.367 e. The van der Waals surface area contributed by atoms with E-state index in [-0.39, 0.29) is 10.5 Å². The van der Waals surface area contributed by atoms with Gasteiger partial charge in [0, 0.05) is 42.8 Å². The van der Waals surface area contributed by atoms with E-state index in [0.717, 1.165) is 66.5 Å². The van der Waals surface area contributed by atoms with Gasteiger partial charge in [-0.1, -0.05) is 22.9 Å². The van der Waals surface area contributed by atoms with Crippen molar-refractivity contribution in [2.24, 2.45) is 0 Å². The average Bonchev–Trinajstić information content (AvgIpc) is 3.14. The van der Waals surface area contributed by atoms with Gasteiger partial charge >= 0.3 is 0 Å². The van der Waals surface area contributed by atoms with Gasteiger partial charge in [-0.05, 0) is 37.8 Å². The highest BCUT2D eigenvalue weighted by molar-refractivity contribution is 7.97. The Morgan fingerprint density at radius 2 is 2.07 bits per heavy atom. The summed E-state index contributed by atoms with van der Waals surface area (Å²) in [6, 6.07) is 2.12. The zero-order valence-corrected chi connectivity index (χ0v) is 18.6. The van der Waals surface area contributed by atoms with Crippen LogP contribution in [0.5, 0.6) is 0 Å². The van der Waals surface area contributed by atoms with Crippen molar-refractivity contribution in [3.63, 3.8) is 0 Å². The summed E-state index contributed by atoms with van der Waals surface area (Å²) < 4.78 is 31.4. The predicted octanol–water partition coefficient (Wildman–Crippen LogP) is 4.00. The van der Waals surface area contributed by atoms with Crippen LogP contribution in [0.3, 0.4) is 0 Å². The number of nitrogens with one attached hydrogen (secondary N) is 2. The summed E-state index contributed by atoms with van der Waals surface area (Å²) in [5.74, 6) is 0.427. The van der Waals surface area contributed by atoms with E-state index >= 15 is 0 Å². The van der Waals surface area contributed by atoms with Crippen LogP contribution in [-0.2, 0) is 0 Å². The number of hydrogen-bond acceptors (Lipinski definition) is 8. The van der Waals surface area contributed by atoms with Crippen molar-refractivity contribution < 1.29 is 8.78 Å². The summed E-state index contributed by atoms with van der Waals surface area (Å²) in [5.41, 5.74) is 1.89. The van der Waals surface area contributed by atoms with E-state index < -0.39 is 6.43 Å². The Bertz CT molecular complexity index is 1080. The monoisotopic (exact) mass is 471 g/mol. The molecule has 160 valence electrons. The zero-order valence-electron chi connectivity index (χ0n) is 16.2. The lowest BCUT2D eigenvalue weighted by Crippen LogP contribution is -2.43. The Kier molecular flexibility index (Phi) is 5.34. The van der Waals surface area contributed by atoms with E-state index in [1.165, 1.54) is 0 Å². The maximum atomic E-state index is 13.0. The second-order valence-corrected chi connectivity index (χ2v) is 10.0. The molecule has 2 aliphatic rings. The van der Waals surface area contributed by atoms with Crippen LogP contribution in [0.25, 0.3) is 16.3 Å². The van der Waals surface area contributed by atoms with Gasteiger partial charge < -0.3 is 10.2 Å². The second-order valence-electron chi connectivity index (χ2n) is 7.75. The number of alkyl halides is 2. The average molecular weight is 472 g/mol. The zero-order chi connectivity index (χ0) is 20.9. The van der Waals surface area contributed by atoms with Crippen LogP contribution < -0.4 is 14.9 Å². The molecular weight excluding hydrogens is 452 g/mol. The molecule has 0 bridgehead atoms. The minimum absolute atomic E-state index is 0.162. The van der Waals surface area contributed by atoms with E-state index in [9.17, 15) is 8.78 Å². The third kappa shape index (κ3) is 3.89. The second kappa shape index (κ2) is 7.86. The number of aromatic nitrogens is 4. The summed E-state index contributed by atoms with van der Waals surface area (Å²) in [4.78, 5) is 7.74. The van der Waals surface area contributed by atoms with Gasteiger partial charge in [-0.2, -0.15) is 0 Å². The lowest BCUT2D eigenvalue weighted by atomic mass is 10.2. The molecule has 1 aliphatic carbocycles. The van der Waals surface area contributed by atoms with E-state index in [4.69, 9.17) is 11.6 Å². The first-order valence-corrected chi connectivity index (χ1v) is 11.7. The van der Waals surface area contributed by atoms with Gasteiger partial charge in [0.1, 0.15) is 5.52 Å². The summed E-state index contributed by atoms with van der Waals surface area (Å²) in [7, 11) is 0. The van der Waals surface area contributed by atoms with Gasteiger partial charge in [-0.3, -0.25) is 9.12 Å². The molecule has 4 heterocycles. The summed E-state index contributed by atoms with van der Waals surface area (Å²) in [6.45, 7) is 5.65. The Morgan fingerprint density at radius 1 is 1.30 bits per heavy atom. The first kappa shape index (κ1) is 20.4. The molecule has 30 heavy (non-hydrogen) atoms. The quantitative estimate of drug-likeness (QED) is 0.526. The van der Waals surface area contributed by atoms with Gasteiger partial charge in [0.25, 0.3) is 6.43 Å². The van der Waals surface area contributed by atoms with Crippen LogP contribution in [0.1, 0.15) is 31.2 Å². The highest BCUT2D eigenvalue weighted by Crippen LogP contribution is 2.40. The van der Waals surface area contributed by atoms with E-state index in [0.29, 0.717) is 16.0 Å². The third-order valence-corrected chi connectivity index (χ3v) is 7.58. The molecule has 3 aromatic rings. The van der Waals surface area contributed by atoms with Crippen molar-refractivity contribution in [1.82, 2.24) is 29.6 Å². The molecule has 2 fully saturated rings. The number of rotatable bonds is 6. The molecule has 0 atom stereocenters. The molecule has 0 aromatic carbocycles. The molecule has 12 heteroatoms. The van der Waals surface area contributed by atoms with Crippen molar-refractivity contribution in [2.75, 3.05) is 31.1 Å². The van der Waals surface area contributed by atoms with Crippen molar-refractivity contribution >= 4 is 46.1 Å². The van der Waals surface area contributed by atoms with Crippen LogP contribution in [-0.4, -0.2) is 51.3 Å². The van der Waals surface area contributed by atoms with Gasteiger partial charge in [0.15, 0.2) is 21.0 Å². The molecule has 2 N–H and O–H groups in total. The Hall–Kier alpha value is -1.53. The fourth-order valence-corrected chi connectivity index (χ4v) is 5.22. The predicted molar refractivity (Wildman–Crippen MR) is 116 cm³/mol. The van der Waals surface area contributed by atoms with Crippen molar-refractivity contribution in [3.8, 4) is 10.8 Å². The lowest BCUT2D eigenvalue weighted by molar-refractivity contribution is 0.150. The normalized spacial score (nSPS) is 18.5. The molecular formula is C18H20ClF2N7S2. The van der Waals surface area contributed by atoms with Gasteiger partial charge in [0.05, 0.1) is 5.69 Å². The molecule has 5 rings (SSSR count). The van der Waals surface area contributed by atoms with Gasteiger partial charge in [-0.15, -0.1) is 10.2 Å². The van der Waals surface area contributed by atoms with Crippen molar-refractivity contribution in [3.05, 3.63) is 22.4 Å². The highest BCUT2D eigenvalue weighted by Gasteiger charge is 2.37. The molecule has 1 saturated heterocycles. The van der Waals surface area contributed by atoms with Crippen LogP contribution >= 0.6 is 34.9 Å². The summed E-state index contributed by atoms with van der Waals surface area (Å²) in [6.07, 6.45) is 1.57. The van der Waals surface area contributed by atoms with Gasteiger partial charge in [0.2, 0.25) is 0 Å². The van der Waals surface area contributed by atoms with Crippen LogP contribution in [0.4, 0.5) is 14.5 Å². The number of pyridine rings is 1. The minimum atomic E-state index is -2.66. The number of anilines is 1. The molecule has 1 saturated carbocycles. The maximum absolute atomic E-state index is 13.0. The van der Waals surface area contributed by atoms with E-state index in [1.807, 2.05) is 10.6 Å². The van der Waals surface area contributed by atoms with E-state index in [1.54, 1.807) is 11.9 Å². The van der Waals surface area contributed by atoms with Gasteiger partial charge in [-0.25, -0.2) is 13.8 Å². The number of imidazole rings is 1. The van der Waals surface area contributed by atoms with Crippen molar-refractivity contribution in [1.29, 1.82) is 0 Å². The minimum Gasteiger partial charge on any atom is -0.367 e. The number of hydrogen-bond donors (Lipinski definition) is 2. The molecule has 0 spiro atoms. The summed E-state index contributed by atoms with van der Waals surface area (Å²) >= 11 is 8.95.